The molecular formula is C25H21F3N2O4. The number of aromatic carboxylic acids is 1. The fourth-order valence-electron chi connectivity index (χ4n) is 3.73. The van der Waals surface area contributed by atoms with Gasteiger partial charge < -0.3 is 19.1 Å². The zero-order chi connectivity index (χ0) is 24.3. The van der Waals surface area contributed by atoms with E-state index in [1.165, 1.54) is 18.2 Å². The van der Waals surface area contributed by atoms with Gasteiger partial charge in [-0.3, -0.25) is 0 Å². The van der Waals surface area contributed by atoms with Gasteiger partial charge in [-0.1, -0.05) is 30.3 Å². The van der Waals surface area contributed by atoms with Crippen LogP contribution < -0.4 is 9.47 Å². The van der Waals surface area contributed by atoms with Crippen LogP contribution in [0.4, 0.5) is 13.2 Å². The minimum Gasteiger partial charge on any atom is -0.493 e. The van der Waals surface area contributed by atoms with Crippen LogP contribution in [0, 0.1) is 0 Å². The van der Waals surface area contributed by atoms with Crippen LogP contribution in [-0.2, 0) is 13.0 Å². The third kappa shape index (κ3) is 5.31. The third-order valence-corrected chi connectivity index (χ3v) is 5.17. The summed E-state index contributed by atoms with van der Waals surface area (Å²) < 4.78 is 48.8. The number of benzene rings is 3. The van der Waals surface area contributed by atoms with Crippen LogP contribution in [0.3, 0.4) is 0 Å². The van der Waals surface area contributed by atoms with Gasteiger partial charge >= 0.3 is 12.3 Å². The van der Waals surface area contributed by atoms with Gasteiger partial charge in [-0.05, 0) is 54.4 Å². The number of carboxylic acid groups (broad SMARTS) is 1. The maximum atomic E-state index is 12.5. The highest BCUT2D eigenvalue weighted by molar-refractivity contribution is 5.91. The van der Waals surface area contributed by atoms with E-state index in [0.717, 1.165) is 28.0 Å². The van der Waals surface area contributed by atoms with Crippen molar-refractivity contribution in [2.45, 2.75) is 26.3 Å². The summed E-state index contributed by atoms with van der Waals surface area (Å²) in [6.07, 6.45) is -4.34. The largest absolute Gasteiger partial charge is 0.573 e. The average molecular weight is 470 g/mol. The molecule has 4 aromatic rings. The number of ether oxygens (including phenoxy) is 2. The topological polar surface area (TPSA) is 73.6 Å². The van der Waals surface area contributed by atoms with Gasteiger partial charge in [-0.15, -0.1) is 13.2 Å². The zero-order valence-corrected chi connectivity index (χ0v) is 18.2. The second-order valence-corrected chi connectivity index (χ2v) is 7.54. The molecule has 0 saturated carbocycles. The molecule has 1 N–H and O–H groups in total. The Hall–Kier alpha value is -4.01. The number of halogens is 3. The van der Waals surface area contributed by atoms with Crippen molar-refractivity contribution in [1.29, 1.82) is 0 Å². The molecular weight excluding hydrogens is 449 g/mol. The third-order valence-electron chi connectivity index (χ3n) is 5.17. The van der Waals surface area contributed by atoms with Crippen molar-refractivity contribution in [3.8, 4) is 11.5 Å². The van der Waals surface area contributed by atoms with Crippen molar-refractivity contribution in [2.24, 2.45) is 0 Å². The zero-order valence-electron chi connectivity index (χ0n) is 18.2. The average Bonchev–Trinajstić information content (AvgIpc) is 3.11. The van der Waals surface area contributed by atoms with Crippen molar-refractivity contribution in [2.75, 3.05) is 6.61 Å². The molecule has 0 unspecified atom stereocenters. The van der Waals surface area contributed by atoms with E-state index in [4.69, 9.17) is 9.72 Å². The second kappa shape index (κ2) is 9.46. The van der Waals surface area contributed by atoms with Gasteiger partial charge in [-0.2, -0.15) is 0 Å². The molecule has 0 radical (unpaired) electrons. The number of aromatic nitrogens is 2. The van der Waals surface area contributed by atoms with E-state index in [1.807, 2.05) is 28.8 Å². The molecule has 0 amide bonds. The van der Waals surface area contributed by atoms with Gasteiger partial charge in [0.2, 0.25) is 0 Å². The standard InChI is InChI=1S/C25H21F3N2O4/c1-2-33-22-13-17(9-12-19(22)24(31)32)14-23-29-20-5-3-4-6-21(20)30(23)15-16-7-10-18(11-8-16)34-25(26,27)28/h3-13H,2,14-15H2,1H3,(H,31,32). The lowest BCUT2D eigenvalue weighted by Crippen LogP contribution is -2.17. The van der Waals surface area contributed by atoms with E-state index in [-0.39, 0.29) is 17.1 Å². The molecule has 0 aliphatic carbocycles. The smallest absolute Gasteiger partial charge is 0.493 e. The predicted octanol–water partition coefficient (Wildman–Crippen LogP) is 5.67. The van der Waals surface area contributed by atoms with Crippen LogP contribution in [0.5, 0.6) is 11.5 Å². The van der Waals surface area contributed by atoms with Crippen molar-refractivity contribution >= 4 is 17.0 Å². The van der Waals surface area contributed by atoms with E-state index in [2.05, 4.69) is 4.74 Å². The van der Waals surface area contributed by atoms with Gasteiger partial charge in [0.25, 0.3) is 0 Å². The van der Waals surface area contributed by atoms with Gasteiger partial charge in [0.15, 0.2) is 0 Å². The molecule has 6 nitrogen and oxygen atoms in total. The first kappa shape index (κ1) is 23.2. The number of alkyl halides is 3. The lowest BCUT2D eigenvalue weighted by molar-refractivity contribution is -0.274. The molecule has 3 aromatic carbocycles. The molecule has 0 saturated heterocycles. The quantitative estimate of drug-likeness (QED) is 0.359. The molecule has 0 atom stereocenters. The summed E-state index contributed by atoms with van der Waals surface area (Å²) in [5.41, 5.74) is 3.33. The second-order valence-electron chi connectivity index (χ2n) is 7.54. The molecule has 34 heavy (non-hydrogen) atoms. The number of para-hydroxylation sites is 2. The molecule has 4 rings (SSSR count). The first-order chi connectivity index (χ1) is 16.2. The SMILES string of the molecule is CCOc1cc(Cc2nc3ccccc3n2Cc2ccc(OC(F)(F)F)cc2)ccc1C(=O)O. The fraction of sp³-hybridized carbons (Fsp3) is 0.200. The van der Waals surface area contributed by atoms with Crippen molar-refractivity contribution in [3.63, 3.8) is 0 Å². The maximum Gasteiger partial charge on any atom is 0.573 e. The van der Waals surface area contributed by atoms with Gasteiger partial charge in [0, 0.05) is 13.0 Å². The van der Waals surface area contributed by atoms with Gasteiger partial charge in [0.05, 0.1) is 17.6 Å². The summed E-state index contributed by atoms with van der Waals surface area (Å²) in [7, 11) is 0. The number of nitrogens with zero attached hydrogens (tertiary/aromatic N) is 2. The minimum atomic E-state index is -4.74. The van der Waals surface area contributed by atoms with Gasteiger partial charge in [0.1, 0.15) is 22.9 Å². The number of carboxylic acids is 1. The van der Waals surface area contributed by atoms with Crippen LogP contribution in [0.15, 0.2) is 66.7 Å². The predicted molar refractivity (Wildman–Crippen MR) is 119 cm³/mol. The number of fused-ring (bicyclic) bond motifs is 1. The summed E-state index contributed by atoms with van der Waals surface area (Å²) in [6.45, 7) is 2.49. The molecule has 0 aliphatic heterocycles. The summed E-state index contributed by atoms with van der Waals surface area (Å²) in [6, 6.07) is 18.2. The number of hydrogen-bond acceptors (Lipinski definition) is 4. The lowest BCUT2D eigenvalue weighted by Gasteiger charge is -2.13. The molecule has 176 valence electrons. The number of carbonyl (C=O) groups is 1. The highest BCUT2D eigenvalue weighted by atomic mass is 19.4. The van der Waals surface area contributed by atoms with Crippen LogP contribution in [0.25, 0.3) is 11.0 Å². The van der Waals surface area contributed by atoms with E-state index < -0.39 is 12.3 Å². The Balaban J connectivity index is 1.66. The first-order valence-corrected chi connectivity index (χ1v) is 10.5. The normalized spacial score (nSPS) is 11.5. The summed E-state index contributed by atoms with van der Waals surface area (Å²) in [5.74, 6) is -0.341. The molecule has 0 bridgehead atoms. The van der Waals surface area contributed by atoms with Gasteiger partial charge in [-0.25, -0.2) is 9.78 Å². The monoisotopic (exact) mass is 470 g/mol. The summed E-state index contributed by atoms with van der Waals surface area (Å²) in [5, 5.41) is 9.39. The molecule has 1 aromatic heterocycles. The van der Waals surface area contributed by atoms with Crippen molar-refractivity contribution < 1.29 is 32.5 Å². The van der Waals surface area contributed by atoms with E-state index in [9.17, 15) is 23.1 Å². The van der Waals surface area contributed by atoms with E-state index >= 15 is 0 Å². The minimum absolute atomic E-state index is 0.0836. The maximum absolute atomic E-state index is 12.5. The summed E-state index contributed by atoms with van der Waals surface area (Å²) >= 11 is 0. The van der Waals surface area contributed by atoms with Crippen molar-refractivity contribution in [3.05, 3.63) is 89.2 Å². The van der Waals surface area contributed by atoms with Crippen LogP contribution in [0.1, 0.15) is 34.2 Å². The first-order valence-electron chi connectivity index (χ1n) is 10.5. The molecule has 0 aliphatic rings. The Morgan fingerprint density at radius 3 is 2.41 bits per heavy atom. The number of imidazole rings is 1. The van der Waals surface area contributed by atoms with Crippen molar-refractivity contribution in [1.82, 2.24) is 9.55 Å². The number of hydrogen-bond donors (Lipinski definition) is 1. The molecule has 1 heterocycles. The lowest BCUT2D eigenvalue weighted by atomic mass is 10.1. The Kier molecular flexibility index (Phi) is 6.45. The number of rotatable bonds is 8. The highest BCUT2D eigenvalue weighted by Gasteiger charge is 2.31. The molecule has 0 spiro atoms. The fourth-order valence-corrected chi connectivity index (χ4v) is 3.73. The highest BCUT2D eigenvalue weighted by Crippen LogP contribution is 2.26. The van der Waals surface area contributed by atoms with E-state index in [1.54, 1.807) is 31.2 Å². The Bertz CT molecular complexity index is 1310. The molecule has 0 fully saturated rings. The van der Waals surface area contributed by atoms with Crippen LogP contribution >= 0.6 is 0 Å². The Labute approximate surface area is 193 Å². The van der Waals surface area contributed by atoms with Crippen LogP contribution in [-0.4, -0.2) is 33.6 Å². The van der Waals surface area contributed by atoms with E-state index in [0.29, 0.717) is 19.6 Å². The Morgan fingerprint density at radius 1 is 1.03 bits per heavy atom. The summed E-state index contributed by atoms with van der Waals surface area (Å²) in [4.78, 5) is 16.2. The van der Waals surface area contributed by atoms with Crippen LogP contribution in [0.2, 0.25) is 0 Å². The molecule has 9 heteroatoms. The Morgan fingerprint density at radius 2 is 1.74 bits per heavy atom.